The zero-order valence-corrected chi connectivity index (χ0v) is 16.1. The lowest BCUT2D eigenvalue weighted by Crippen LogP contribution is -2.19. The molecule has 0 N–H and O–H groups in total. The molecule has 0 spiro atoms. The second kappa shape index (κ2) is 6.77. The molecule has 0 aliphatic heterocycles. The topological polar surface area (TPSA) is 68.5 Å². The minimum absolute atomic E-state index is 0.102. The Morgan fingerprint density at radius 1 is 1.15 bits per heavy atom. The standard InChI is InChI=1S/C18H17FN2O3S2/c1-11-4-9-15-17(12(11)2)21(3)18(25-15)20-16(22)10-26(23,24)14-7-5-13(19)6-8-14/h4-9H,10H2,1-3H3. The van der Waals surface area contributed by atoms with Gasteiger partial charge in [-0.2, -0.15) is 4.99 Å². The lowest BCUT2D eigenvalue weighted by Gasteiger charge is -2.03. The van der Waals surface area contributed by atoms with Gasteiger partial charge in [0.25, 0.3) is 5.91 Å². The van der Waals surface area contributed by atoms with Crippen molar-refractivity contribution in [2.45, 2.75) is 18.7 Å². The number of fused-ring (bicyclic) bond motifs is 1. The number of aryl methyl sites for hydroxylation is 3. The first-order valence-corrected chi connectivity index (χ1v) is 10.3. The third-order valence-electron chi connectivity index (χ3n) is 4.19. The van der Waals surface area contributed by atoms with Crippen molar-refractivity contribution >= 4 is 37.3 Å². The molecule has 0 fully saturated rings. The summed E-state index contributed by atoms with van der Waals surface area (Å²) < 4.78 is 40.3. The van der Waals surface area contributed by atoms with E-state index in [2.05, 4.69) is 4.99 Å². The van der Waals surface area contributed by atoms with E-state index in [-0.39, 0.29) is 4.90 Å². The van der Waals surface area contributed by atoms with Crippen LogP contribution in [0.5, 0.6) is 0 Å². The molecular weight excluding hydrogens is 375 g/mol. The van der Waals surface area contributed by atoms with Crippen LogP contribution in [-0.4, -0.2) is 24.6 Å². The molecule has 1 heterocycles. The van der Waals surface area contributed by atoms with Gasteiger partial charge in [0, 0.05) is 7.05 Å². The molecule has 2 aromatic carbocycles. The van der Waals surface area contributed by atoms with E-state index in [1.807, 2.05) is 26.0 Å². The largest absolute Gasteiger partial charge is 0.319 e. The first-order valence-electron chi connectivity index (χ1n) is 7.80. The third kappa shape index (κ3) is 3.47. The van der Waals surface area contributed by atoms with E-state index < -0.39 is 27.3 Å². The summed E-state index contributed by atoms with van der Waals surface area (Å²) in [5.41, 5.74) is 3.19. The molecule has 136 valence electrons. The summed E-state index contributed by atoms with van der Waals surface area (Å²) in [4.78, 5) is 16.5. The van der Waals surface area contributed by atoms with Gasteiger partial charge in [0.05, 0.1) is 15.1 Å². The Labute approximate surface area is 154 Å². The van der Waals surface area contributed by atoms with Crippen LogP contribution in [0, 0.1) is 19.7 Å². The highest BCUT2D eigenvalue weighted by Gasteiger charge is 2.19. The zero-order chi connectivity index (χ0) is 19.1. The van der Waals surface area contributed by atoms with Crippen LogP contribution in [0.4, 0.5) is 4.39 Å². The Kier molecular flexibility index (Phi) is 4.81. The van der Waals surface area contributed by atoms with E-state index in [0.717, 1.165) is 45.6 Å². The van der Waals surface area contributed by atoms with Crippen molar-refractivity contribution < 1.29 is 17.6 Å². The number of aromatic nitrogens is 1. The quantitative estimate of drug-likeness (QED) is 0.644. The number of carbonyl (C=O) groups is 1. The number of sulfone groups is 1. The van der Waals surface area contributed by atoms with Gasteiger partial charge >= 0.3 is 0 Å². The summed E-state index contributed by atoms with van der Waals surface area (Å²) in [6, 6.07) is 8.34. The molecule has 8 heteroatoms. The molecule has 0 aliphatic carbocycles. The Balaban J connectivity index is 1.97. The molecule has 0 atom stereocenters. The second-order valence-corrected chi connectivity index (χ2v) is 9.02. The van der Waals surface area contributed by atoms with E-state index >= 15 is 0 Å². The molecule has 0 aliphatic rings. The van der Waals surface area contributed by atoms with Crippen molar-refractivity contribution in [1.82, 2.24) is 4.57 Å². The monoisotopic (exact) mass is 392 g/mol. The van der Waals surface area contributed by atoms with Crippen LogP contribution in [0.25, 0.3) is 10.2 Å². The Bertz CT molecular complexity index is 1170. The maximum absolute atomic E-state index is 12.9. The smallest absolute Gasteiger partial charge is 0.263 e. The van der Waals surface area contributed by atoms with Crippen LogP contribution < -0.4 is 4.80 Å². The van der Waals surface area contributed by atoms with Gasteiger partial charge in [0.15, 0.2) is 14.6 Å². The summed E-state index contributed by atoms with van der Waals surface area (Å²) in [6.45, 7) is 4.00. The van der Waals surface area contributed by atoms with Crippen molar-refractivity contribution in [3.05, 3.63) is 58.1 Å². The maximum atomic E-state index is 12.9. The van der Waals surface area contributed by atoms with E-state index in [9.17, 15) is 17.6 Å². The van der Waals surface area contributed by atoms with Crippen LogP contribution in [0.15, 0.2) is 46.3 Å². The predicted octanol–water partition coefficient (Wildman–Crippen LogP) is 2.90. The molecule has 0 bridgehead atoms. The maximum Gasteiger partial charge on any atom is 0.263 e. The van der Waals surface area contributed by atoms with Gasteiger partial charge in [-0.1, -0.05) is 17.4 Å². The molecule has 0 radical (unpaired) electrons. The summed E-state index contributed by atoms with van der Waals surface area (Å²) in [7, 11) is -2.07. The van der Waals surface area contributed by atoms with Gasteiger partial charge < -0.3 is 4.57 Å². The predicted molar refractivity (Wildman–Crippen MR) is 99.3 cm³/mol. The van der Waals surface area contributed by atoms with E-state index in [4.69, 9.17) is 0 Å². The SMILES string of the molecule is Cc1ccc2sc(=NC(=O)CS(=O)(=O)c3ccc(F)cc3)n(C)c2c1C. The second-order valence-electron chi connectivity index (χ2n) is 6.02. The summed E-state index contributed by atoms with van der Waals surface area (Å²) in [6.07, 6.45) is 0. The molecular formula is C18H17FN2O3S2. The van der Waals surface area contributed by atoms with Crippen molar-refractivity contribution in [2.75, 3.05) is 5.75 Å². The number of hydrogen-bond donors (Lipinski definition) is 0. The van der Waals surface area contributed by atoms with Crippen LogP contribution in [0.2, 0.25) is 0 Å². The number of halogens is 1. The van der Waals surface area contributed by atoms with E-state index in [0.29, 0.717) is 4.80 Å². The van der Waals surface area contributed by atoms with Gasteiger partial charge in [-0.05, 0) is 55.3 Å². The van der Waals surface area contributed by atoms with Crippen LogP contribution in [-0.2, 0) is 21.7 Å². The number of nitrogens with zero attached hydrogens (tertiary/aromatic N) is 2. The Morgan fingerprint density at radius 3 is 2.46 bits per heavy atom. The average Bonchev–Trinajstić information content (AvgIpc) is 2.87. The normalized spacial score (nSPS) is 12.7. The number of carbonyl (C=O) groups excluding carboxylic acids is 1. The fourth-order valence-corrected chi connectivity index (χ4v) is 4.86. The molecule has 0 unspecified atom stereocenters. The van der Waals surface area contributed by atoms with Gasteiger partial charge in [-0.3, -0.25) is 4.79 Å². The molecule has 26 heavy (non-hydrogen) atoms. The number of hydrogen-bond acceptors (Lipinski definition) is 4. The van der Waals surface area contributed by atoms with Crippen molar-refractivity contribution in [1.29, 1.82) is 0 Å². The third-order valence-corrected chi connectivity index (χ3v) is 6.91. The average molecular weight is 392 g/mol. The van der Waals surface area contributed by atoms with Gasteiger partial charge in [-0.15, -0.1) is 0 Å². The van der Waals surface area contributed by atoms with Crippen molar-refractivity contribution in [3.8, 4) is 0 Å². The van der Waals surface area contributed by atoms with E-state index in [1.54, 1.807) is 11.6 Å². The van der Waals surface area contributed by atoms with Gasteiger partial charge in [0.2, 0.25) is 0 Å². The fraction of sp³-hybridized carbons (Fsp3) is 0.222. The Hall–Kier alpha value is -2.32. The zero-order valence-electron chi connectivity index (χ0n) is 14.5. The minimum atomic E-state index is -3.87. The van der Waals surface area contributed by atoms with Crippen LogP contribution in [0.3, 0.4) is 0 Å². The first kappa shape index (κ1) is 18.5. The van der Waals surface area contributed by atoms with Crippen molar-refractivity contribution in [3.63, 3.8) is 0 Å². The highest BCUT2D eigenvalue weighted by Crippen LogP contribution is 2.23. The van der Waals surface area contributed by atoms with Crippen LogP contribution in [0.1, 0.15) is 11.1 Å². The summed E-state index contributed by atoms with van der Waals surface area (Å²) in [5, 5.41) is 0. The molecule has 1 amide bonds. The highest BCUT2D eigenvalue weighted by atomic mass is 32.2. The first-order chi connectivity index (χ1) is 12.2. The summed E-state index contributed by atoms with van der Waals surface area (Å²) in [5.74, 6) is -2.06. The van der Waals surface area contributed by atoms with Crippen LogP contribution >= 0.6 is 11.3 Å². The molecule has 5 nitrogen and oxygen atoms in total. The molecule has 0 saturated carbocycles. The molecule has 3 aromatic rings. The fourth-order valence-electron chi connectivity index (χ4n) is 2.66. The van der Waals surface area contributed by atoms with E-state index in [1.165, 1.54) is 11.3 Å². The number of amides is 1. The number of benzene rings is 2. The molecule has 1 aromatic heterocycles. The summed E-state index contributed by atoms with van der Waals surface area (Å²) >= 11 is 1.33. The highest BCUT2D eigenvalue weighted by molar-refractivity contribution is 7.92. The molecule has 0 saturated heterocycles. The van der Waals surface area contributed by atoms with Crippen molar-refractivity contribution in [2.24, 2.45) is 12.0 Å². The lowest BCUT2D eigenvalue weighted by atomic mass is 10.1. The lowest BCUT2D eigenvalue weighted by molar-refractivity contribution is -0.115. The van der Waals surface area contributed by atoms with Gasteiger partial charge in [0.1, 0.15) is 11.6 Å². The minimum Gasteiger partial charge on any atom is -0.319 e. The Morgan fingerprint density at radius 2 is 1.81 bits per heavy atom. The number of rotatable bonds is 3. The van der Waals surface area contributed by atoms with Gasteiger partial charge in [-0.25, -0.2) is 12.8 Å². The number of thiazole rings is 1. The molecule has 3 rings (SSSR count).